The molecule has 1 rings (SSSR count). The molecule has 0 aliphatic heterocycles. The molecule has 0 atom stereocenters. The molecule has 0 aliphatic rings. The number of hydrogen-bond acceptors (Lipinski definition) is 1. The molecule has 16 heavy (non-hydrogen) atoms. The van der Waals surface area contributed by atoms with Crippen LogP contribution >= 0.6 is 0 Å². The number of rotatable bonds is 2. The molecule has 0 N–H and O–H groups in total. The molecule has 6 heteroatoms. The van der Waals surface area contributed by atoms with Crippen LogP contribution < -0.4 is 0 Å². The van der Waals surface area contributed by atoms with Gasteiger partial charge in [-0.3, -0.25) is 4.79 Å². The molecular formula is C10H7F3N2O. The average Bonchev–Trinajstić information content (AvgIpc) is 2.16. The quantitative estimate of drug-likeness (QED) is 0.332. The number of halogens is 3. The molecule has 0 amide bonds. The first-order chi connectivity index (χ1) is 7.36. The molecule has 84 valence electrons. The van der Waals surface area contributed by atoms with Gasteiger partial charge in [0.1, 0.15) is 0 Å². The van der Waals surface area contributed by atoms with E-state index in [-0.39, 0.29) is 11.1 Å². The standard InChI is InChI=1S/C10H7F3N2O/c1-6-2-3-7(9(16)5-15-14)4-8(6)10(11,12)13/h2-5H,1H3. The third-order valence-electron chi connectivity index (χ3n) is 2.00. The largest absolute Gasteiger partial charge is 0.416 e. The lowest BCUT2D eigenvalue weighted by molar-refractivity contribution is -0.138. The van der Waals surface area contributed by atoms with Crippen LogP contribution in [0.5, 0.6) is 0 Å². The van der Waals surface area contributed by atoms with Gasteiger partial charge in [0.05, 0.1) is 5.56 Å². The van der Waals surface area contributed by atoms with E-state index in [1.807, 2.05) is 0 Å². The van der Waals surface area contributed by atoms with Gasteiger partial charge in [-0.1, -0.05) is 12.1 Å². The highest BCUT2D eigenvalue weighted by molar-refractivity contribution is 6.33. The van der Waals surface area contributed by atoms with Crippen molar-refractivity contribution in [1.29, 1.82) is 0 Å². The van der Waals surface area contributed by atoms with Gasteiger partial charge in [-0.15, -0.1) is 0 Å². The van der Waals surface area contributed by atoms with Crippen molar-refractivity contribution in [3.05, 3.63) is 40.4 Å². The lowest BCUT2D eigenvalue weighted by Crippen LogP contribution is -2.10. The summed E-state index contributed by atoms with van der Waals surface area (Å²) in [5.41, 5.74) is 7.10. The van der Waals surface area contributed by atoms with Gasteiger partial charge in [0, 0.05) is 5.56 Å². The molecule has 0 saturated heterocycles. The van der Waals surface area contributed by atoms with Crippen molar-refractivity contribution in [3.63, 3.8) is 0 Å². The predicted octanol–water partition coefficient (Wildman–Crippen LogP) is 2.50. The van der Waals surface area contributed by atoms with Crippen LogP contribution in [0, 0.1) is 6.92 Å². The van der Waals surface area contributed by atoms with Crippen LogP contribution in [0.2, 0.25) is 0 Å². The number of alkyl halides is 3. The predicted molar refractivity (Wildman–Crippen MR) is 50.2 cm³/mol. The molecule has 0 radical (unpaired) electrons. The third-order valence-corrected chi connectivity index (χ3v) is 2.00. The Labute approximate surface area is 89.1 Å². The highest BCUT2D eigenvalue weighted by Crippen LogP contribution is 2.32. The van der Waals surface area contributed by atoms with Crippen molar-refractivity contribution < 1.29 is 22.8 Å². The second-order valence-corrected chi connectivity index (χ2v) is 3.14. The maximum absolute atomic E-state index is 12.5. The Bertz CT molecular complexity index is 473. The molecule has 3 nitrogen and oxygen atoms in total. The number of benzene rings is 1. The minimum atomic E-state index is -4.50. The van der Waals surface area contributed by atoms with E-state index in [0.29, 0.717) is 6.21 Å². The number of carbonyl (C=O) groups excluding carboxylic acids is 1. The topological polar surface area (TPSA) is 53.5 Å². The number of carbonyl (C=O) groups is 1. The summed E-state index contributed by atoms with van der Waals surface area (Å²) in [6.07, 6.45) is -3.96. The van der Waals surface area contributed by atoms with Gasteiger partial charge in [0.15, 0.2) is 0 Å². The summed E-state index contributed by atoms with van der Waals surface area (Å²) >= 11 is 0. The van der Waals surface area contributed by atoms with Gasteiger partial charge in [-0.25, -0.2) is 0 Å². The highest BCUT2D eigenvalue weighted by Gasteiger charge is 2.32. The summed E-state index contributed by atoms with van der Waals surface area (Å²) in [6.45, 7) is 1.30. The van der Waals surface area contributed by atoms with Crippen LogP contribution in [0.1, 0.15) is 21.5 Å². The Morgan fingerprint density at radius 1 is 1.44 bits per heavy atom. The van der Waals surface area contributed by atoms with Gasteiger partial charge in [-0.2, -0.15) is 18.0 Å². The summed E-state index contributed by atoms with van der Waals surface area (Å²) in [4.78, 5) is 13.6. The summed E-state index contributed by atoms with van der Waals surface area (Å²) in [5, 5.41) is 0. The number of nitrogens with zero attached hydrogens (tertiary/aromatic N) is 2. The van der Waals surface area contributed by atoms with E-state index in [1.54, 1.807) is 0 Å². The fourth-order valence-corrected chi connectivity index (χ4v) is 1.21. The molecule has 1 aromatic carbocycles. The number of ketones is 1. The van der Waals surface area contributed by atoms with E-state index in [0.717, 1.165) is 6.07 Å². The van der Waals surface area contributed by atoms with Crippen LogP contribution in [0.4, 0.5) is 13.2 Å². The van der Waals surface area contributed by atoms with Crippen molar-refractivity contribution in [1.82, 2.24) is 0 Å². The van der Waals surface area contributed by atoms with Gasteiger partial charge < -0.3 is 5.53 Å². The summed E-state index contributed by atoms with van der Waals surface area (Å²) < 4.78 is 37.5. The minimum absolute atomic E-state index is 0.0324. The molecule has 0 unspecified atom stereocenters. The summed E-state index contributed by atoms with van der Waals surface area (Å²) in [7, 11) is 0. The van der Waals surface area contributed by atoms with Crippen LogP contribution in [0.25, 0.3) is 5.53 Å². The molecule has 1 aromatic rings. The van der Waals surface area contributed by atoms with Gasteiger partial charge in [0.2, 0.25) is 0 Å². The Morgan fingerprint density at radius 3 is 2.56 bits per heavy atom. The molecule has 0 aliphatic carbocycles. The van der Waals surface area contributed by atoms with Crippen LogP contribution in [-0.4, -0.2) is 16.8 Å². The second kappa shape index (κ2) is 4.28. The molecule has 0 bridgehead atoms. The van der Waals surface area contributed by atoms with Crippen LogP contribution in [0.15, 0.2) is 18.2 Å². The van der Waals surface area contributed by atoms with Crippen molar-refractivity contribution in [3.8, 4) is 0 Å². The second-order valence-electron chi connectivity index (χ2n) is 3.14. The molecular weight excluding hydrogens is 221 g/mol. The van der Waals surface area contributed by atoms with Crippen molar-refractivity contribution >= 4 is 12.0 Å². The van der Waals surface area contributed by atoms with E-state index in [4.69, 9.17) is 5.53 Å². The van der Waals surface area contributed by atoms with E-state index < -0.39 is 17.5 Å². The van der Waals surface area contributed by atoms with Gasteiger partial charge in [0.25, 0.3) is 5.78 Å². The Hall–Kier alpha value is -1.94. The summed E-state index contributed by atoms with van der Waals surface area (Å²) in [5.74, 6) is -0.784. The lowest BCUT2D eigenvalue weighted by atomic mass is 10.0. The first-order valence-corrected chi connectivity index (χ1v) is 4.26. The molecule has 0 spiro atoms. The molecule has 0 fully saturated rings. The fraction of sp³-hybridized carbons (Fsp3) is 0.200. The number of aryl methyl sites for hydroxylation is 1. The van der Waals surface area contributed by atoms with Gasteiger partial charge >= 0.3 is 12.4 Å². The Balaban J connectivity index is 3.28. The Morgan fingerprint density at radius 2 is 2.06 bits per heavy atom. The zero-order valence-electron chi connectivity index (χ0n) is 8.25. The third kappa shape index (κ3) is 2.55. The molecule has 0 heterocycles. The average molecular weight is 228 g/mol. The smallest absolute Gasteiger partial charge is 0.361 e. The fourth-order valence-electron chi connectivity index (χ4n) is 1.21. The van der Waals surface area contributed by atoms with E-state index in [9.17, 15) is 18.0 Å². The first kappa shape index (κ1) is 12.1. The number of hydrogen-bond donors (Lipinski definition) is 0. The molecule has 0 aromatic heterocycles. The zero-order valence-corrected chi connectivity index (χ0v) is 8.25. The summed E-state index contributed by atoms with van der Waals surface area (Å²) in [6, 6.07) is 3.18. The van der Waals surface area contributed by atoms with Crippen molar-refractivity contribution in [2.45, 2.75) is 13.1 Å². The monoisotopic (exact) mass is 228 g/mol. The van der Waals surface area contributed by atoms with E-state index in [1.165, 1.54) is 19.1 Å². The SMILES string of the molecule is Cc1ccc(C(=O)C=[N+]=[N-])cc1C(F)(F)F. The minimum Gasteiger partial charge on any atom is -0.361 e. The van der Waals surface area contributed by atoms with Crippen LogP contribution in [-0.2, 0) is 6.18 Å². The van der Waals surface area contributed by atoms with Crippen molar-refractivity contribution in [2.75, 3.05) is 0 Å². The highest BCUT2D eigenvalue weighted by atomic mass is 19.4. The first-order valence-electron chi connectivity index (χ1n) is 4.26. The maximum atomic E-state index is 12.5. The Kier molecular flexibility index (Phi) is 3.25. The number of Topliss-reactive ketones (excluding diaryl/α,β-unsaturated/α-hetero) is 1. The van der Waals surface area contributed by atoms with Gasteiger partial charge in [-0.05, 0) is 18.6 Å². The normalized spacial score (nSPS) is 10.8. The zero-order chi connectivity index (χ0) is 12.3. The lowest BCUT2D eigenvalue weighted by Gasteiger charge is -2.10. The van der Waals surface area contributed by atoms with E-state index >= 15 is 0 Å². The molecule has 0 saturated carbocycles. The van der Waals surface area contributed by atoms with Crippen LogP contribution in [0.3, 0.4) is 0 Å². The van der Waals surface area contributed by atoms with E-state index in [2.05, 4.69) is 4.79 Å². The van der Waals surface area contributed by atoms with Crippen molar-refractivity contribution in [2.24, 2.45) is 0 Å². The maximum Gasteiger partial charge on any atom is 0.416 e.